The molecule has 1 N–H and O–H groups in total. The van der Waals surface area contributed by atoms with E-state index in [2.05, 4.69) is 10.4 Å². The van der Waals surface area contributed by atoms with E-state index >= 15 is 0 Å². The molecule has 0 bridgehead atoms. The summed E-state index contributed by atoms with van der Waals surface area (Å²) in [5.74, 6) is -0.347. The van der Waals surface area contributed by atoms with Crippen LogP contribution in [-0.4, -0.2) is 25.9 Å². The SMILES string of the molecule is CC(Sc1nn(-c2ccccc2)c(=S)s1)C(=O)Nc1cc([N+](=O)[O-])ccc1Cl. The number of amides is 1. The molecule has 1 atom stereocenters. The smallest absolute Gasteiger partial charge is 0.271 e. The number of hydrogen-bond acceptors (Lipinski definition) is 7. The van der Waals surface area contributed by atoms with Gasteiger partial charge < -0.3 is 5.32 Å². The van der Waals surface area contributed by atoms with Gasteiger partial charge in [0.05, 0.1) is 26.6 Å². The van der Waals surface area contributed by atoms with Gasteiger partial charge in [-0.3, -0.25) is 14.9 Å². The van der Waals surface area contributed by atoms with Gasteiger partial charge in [0.25, 0.3) is 5.69 Å². The van der Waals surface area contributed by atoms with Crippen molar-refractivity contribution in [3.05, 3.63) is 67.6 Å². The third kappa shape index (κ3) is 4.76. The lowest BCUT2D eigenvalue weighted by molar-refractivity contribution is -0.384. The molecule has 0 aliphatic heterocycles. The van der Waals surface area contributed by atoms with Gasteiger partial charge in [-0.05, 0) is 37.3 Å². The van der Waals surface area contributed by atoms with E-state index in [0.29, 0.717) is 8.29 Å². The van der Waals surface area contributed by atoms with Gasteiger partial charge in [0.1, 0.15) is 0 Å². The lowest BCUT2D eigenvalue weighted by Crippen LogP contribution is -2.22. The molecule has 2 aromatic carbocycles. The van der Waals surface area contributed by atoms with E-state index in [9.17, 15) is 14.9 Å². The molecule has 0 saturated carbocycles. The molecule has 7 nitrogen and oxygen atoms in total. The van der Waals surface area contributed by atoms with Crippen molar-refractivity contribution in [2.75, 3.05) is 5.32 Å². The van der Waals surface area contributed by atoms with Crippen LogP contribution in [0.5, 0.6) is 0 Å². The summed E-state index contributed by atoms with van der Waals surface area (Å²) in [5, 5.41) is 17.7. The van der Waals surface area contributed by atoms with Crippen LogP contribution in [0.2, 0.25) is 5.02 Å². The summed E-state index contributed by atoms with van der Waals surface area (Å²) in [6.45, 7) is 1.71. The standard InChI is InChI=1S/C17H13ClN4O3S3/c1-10(15(23)19-14-9-12(22(24)25)7-8-13(14)18)27-16-20-21(17(26)28-16)11-5-3-2-4-6-11/h2-10H,1H3,(H,19,23). The van der Waals surface area contributed by atoms with Gasteiger partial charge in [0, 0.05) is 12.1 Å². The van der Waals surface area contributed by atoms with Gasteiger partial charge in [-0.1, -0.05) is 52.9 Å². The molecule has 144 valence electrons. The minimum absolute atomic E-state index is 0.153. The number of carbonyl (C=O) groups is 1. The van der Waals surface area contributed by atoms with E-state index in [1.54, 1.807) is 11.6 Å². The van der Waals surface area contributed by atoms with E-state index in [1.807, 2.05) is 30.3 Å². The summed E-state index contributed by atoms with van der Waals surface area (Å²) >= 11 is 13.9. The molecule has 0 spiro atoms. The van der Waals surface area contributed by atoms with Crippen molar-refractivity contribution in [3.8, 4) is 5.69 Å². The van der Waals surface area contributed by atoms with Gasteiger partial charge in [0.2, 0.25) is 5.91 Å². The number of nitro benzene ring substituents is 1. The highest BCUT2D eigenvalue weighted by atomic mass is 35.5. The van der Waals surface area contributed by atoms with Crippen LogP contribution in [0.15, 0.2) is 52.9 Å². The first-order valence-corrected chi connectivity index (χ1v) is 10.4. The van der Waals surface area contributed by atoms with Crippen LogP contribution in [0.3, 0.4) is 0 Å². The Bertz CT molecular complexity index is 1080. The number of nitrogens with one attached hydrogen (secondary N) is 1. The number of rotatable bonds is 6. The van der Waals surface area contributed by atoms with Crippen molar-refractivity contribution in [2.45, 2.75) is 16.5 Å². The minimum atomic E-state index is -0.548. The second-order valence-corrected chi connectivity index (χ2v) is 9.17. The zero-order valence-electron chi connectivity index (χ0n) is 14.4. The van der Waals surface area contributed by atoms with Gasteiger partial charge in [-0.2, -0.15) is 0 Å². The topological polar surface area (TPSA) is 90.1 Å². The fraction of sp³-hybridized carbons (Fsp3) is 0.118. The largest absolute Gasteiger partial charge is 0.324 e. The van der Waals surface area contributed by atoms with Crippen LogP contribution < -0.4 is 5.32 Å². The van der Waals surface area contributed by atoms with Crippen molar-refractivity contribution >= 4 is 64.2 Å². The van der Waals surface area contributed by atoms with Gasteiger partial charge in [0.15, 0.2) is 8.29 Å². The number of halogens is 1. The average molecular weight is 453 g/mol. The van der Waals surface area contributed by atoms with Crippen molar-refractivity contribution in [3.63, 3.8) is 0 Å². The Labute approximate surface area is 178 Å². The zero-order valence-corrected chi connectivity index (χ0v) is 17.6. The predicted molar refractivity (Wildman–Crippen MR) is 114 cm³/mol. The molecule has 1 amide bonds. The van der Waals surface area contributed by atoms with Crippen LogP contribution in [-0.2, 0) is 4.79 Å². The average Bonchev–Trinajstić information content (AvgIpc) is 3.04. The molecule has 0 aliphatic carbocycles. The molecule has 3 rings (SSSR count). The van der Waals surface area contributed by atoms with Gasteiger partial charge in [-0.25, -0.2) is 4.68 Å². The number of para-hydroxylation sites is 1. The number of nitrogens with zero attached hydrogens (tertiary/aromatic N) is 3. The Kier molecular flexibility index (Phi) is 6.45. The lowest BCUT2D eigenvalue weighted by atomic mass is 10.2. The number of benzene rings is 2. The molecule has 1 unspecified atom stereocenters. The third-order valence-electron chi connectivity index (χ3n) is 3.60. The molecular formula is C17H13ClN4O3S3. The molecule has 0 fully saturated rings. The number of anilines is 1. The molecule has 28 heavy (non-hydrogen) atoms. The fourth-order valence-electron chi connectivity index (χ4n) is 2.20. The third-order valence-corrected chi connectivity index (χ3v) is 6.34. The molecule has 0 radical (unpaired) electrons. The molecular weight excluding hydrogens is 440 g/mol. The summed E-state index contributed by atoms with van der Waals surface area (Å²) in [6.07, 6.45) is 0. The molecule has 0 saturated heterocycles. The van der Waals surface area contributed by atoms with Crippen LogP contribution in [0, 0.1) is 14.1 Å². The number of thioether (sulfide) groups is 1. The quantitative estimate of drug-likeness (QED) is 0.235. The highest BCUT2D eigenvalue weighted by Crippen LogP contribution is 2.30. The van der Waals surface area contributed by atoms with Crippen molar-refractivity contribution in [1.29, 1.82) is 0 Å². The fourth-order valence-corrected chi connectivity index (χ4v) is 4.87. The number of aromatic nitrogens is 2. The summed E-state index contributed by atoms with van der Waals surface area (Å²) < 4.78 is 2.86. The Balaban J connectivity index is 1.73. The number of hydrogen-bond donors (Lipinski definition) is 1. The summed E-state index contributed by atoms with van der Waals surface area (Å²) in [6, 6.07) is 13.4. The Hall–Kier alpha value is -2.27. The van der Waals surface area contributed by atoms with E-state index in [0.717, 1.165) is 5.69 Å². The maximum Gasteiger partial charge on any atom is 0.271 e. The normalized spacial score (nSPS) is 11.8. The predicted octanol–water partition coefficient (Wildman–Crippen LogP) is 5.34. The molecule has 11 heteroatoms. The molecule has 3 aromatic rings. The minimum Gasteiger partial charge on any atom is -0.324 e. The maximum absolute atomic E-state index is 12.5. The van der Waals surface area contributed by atoms with Crippen molar-refractivity contribution in [2.24, 2.45) is 0 Å². The van der Waals surface area contributed by atoms with Gasteiger partial charge in [-0.15, -0.1) is 5.10 Å². The van der Waals surface area contributed by atoms with Crippen molar-refractivity contribution < 1.29 is 9.72 Å². The first-order chi connectivity index (χ1) is 13.3. The summed E-state index contributed by atoms with van der Waals surface area (Å²) in [4.78, 5) is 22.9. The molecule has 1 heterocycles. The molecule has 0 aliphatic rings. The number of nitro groups is 1. The van der Waals surface area contributed by atoms with E-state index < -0.39 is 10.2 Å². The lowest BCUT2D eigenvalue weighted by Gasteiger charge is -2.11. The Morgan fingerprint density at radius 2 is 2.07 bits per heavy atom. The second-order valence-electron chi connectivity index (χ2n) is 5.55. The highest BCUT2D eigenvalue weighted by molar-refractivity contribution is 8.02. The van der Waals surface area contributed by atoms with E-state index in [1.165, 1.54) is 41.3 Å². The van der Waals surface area contributed by atoms with Crippen LogP contribution >= 0.6 is 46.9 Å². The van der Waals surface area contributed by atoms with Crippen LogP contribution in [0.25, 0.3) is 5.69 Å². The zero-order chi connectivity index (χ0) is 20.3. The number of non-ortho nitro benzene ring substituents is 1. The molecule has 1 aromatic heterocycles. The summed E-state index contributed by atoms with van der Waals surface area (Å²) in [7, 11) is 0. The highest BCUT2D eigenvalue weighted by Gasteiger charge is 2.20. The van der Waals surface area contributed by atoms with Gasteiger partial charge >= 0.3 is 0 Å². The second kappa shape index (κ2) is 8.82. The first kappa shape index (κ1) is 20.5. The Morgan fingerprint density at radius 3 is 2.75 bits per heavy atom. The van der Waals surface area contributed by atoms with E-state index in [4.69, 9.17) is 23.8 Å². The summed E-state index contributed by atoms with van der Waals surface area (Å²) in [5.41, 5.74) is 0.881. The Morgan fingerprint density at radius 1 is 1.36 bits per heavy atom. The monoisotopic (exact) mass is 452 g/mol. The first-order valence-electron chi connectivity index (χ1n) is 7.92. The maximum atomic E-state index is 12.5. The van der Waals surface area contributed by atoms with Crippen LogP contribution in [0.1, 0.15) is 6.92 Å². The van der Waals surface area contributed by atoms with Crippen LogP contribution in [0.4, 0.5) is 11.4 Å². The number of carbonyl (C=O) groups excluding carboxylic acids is 1. The van der Waals surface area contributed by atoms with Crippen molar-refractivity contribution in [1.82, 2.24) is 9.78 Å². The van der Waals surface area contributed by atoms with E-state index in [-0.39, 0.29) is 22.3 Å².